The molecule has 6 aliphatic heterocycles. The molecule has 14 aliphatic rings. The fraction of sp³-hybridized carbons (Fsp3) is 0.897. The highest BCUT2D eigenvalue weighted by atomic mass is 32.3. The zero-order valence-electron chi connectivity index (χ0n) is 44.5. The molecule has 0 amide bonds. The summed E-state index contributed by atoms with van der Waals surface area (Å²) in [5, 5.41) is 34.7. The van der Waals surface area contributed by atoms with Crippen molar-refractivity contribution < 1.29 is 51.4 Å². The number of aliphatic hydroxyl groups excluding tert-OH is 1. The van der Waals surface area contributed by atoms with Gasteiger partial charge < -0.3 is 38.8 Å². The van der Waals surface area contributed by atoms with Gasteiger partial charge in [0.25, 0.3) is 0 Å². The van der Waals surface area contributed by atoms with Crippen LogP contribution in [0.2, 0.25) is 0 Å². The van der Waals surface area contributed by atoms with Gasteiger partial charge in [-0.05, 0) is 176 Å². The van der Waals surface area contributed by atoms with Crippen molar-refractivity contribution in [2.45, 2.75) is 233 Å². The van der Waals surface area contributed by atoms with Crippen LogP contribution >= 0.6 is 0 Å². The van der Waals surface area contributed by atoms with Gasteiger partial charge in [0.2, 0.25) is 16.2 Å². The van der Waals surface area contributed by atoms with E-state index in [4.69, 9.17) is 23.1 Å². The molecule has 0 aromatic heterocycles. The molecular formula is C58H87O11S-. The summed E-state index contributed by atoms with van der Waals surface area (Å²) < 4.78 is 70.3. The van der Waals surface area contributed by atoms with Gasteiger partial charge in [0.1, 0.15) is 6.10 Å². The van der Waals surface area contributed by atoms with Crippen LogP contribution in [-0.2, 0) is 33.5 Å². The van der Waals surface area contributed by atoms with Crippen molar-refractivity contribution in [3.63, 3.8) is 0 Å². The maximum Gasteiger partial charge on any atom is 0.217 e. The van der Waals surface area contributed by atoms with E-state index in [1.54, 1.807) is 5.57 Å². The van der Waals surface area contributed by atoms with Crippen LogP contribution < -0.4 is 0 Å². The molecule has 6 heterocycles. The molecule has 14 rings (SSSR count). The number of allylic oxidation sites excluding steroid dienone is 2. The molecule has 4 saturated carbocycles. The number of aliphatic hydroxyl groups is 3. The van der Waals surface area contributed by atoms with E-state index in [9.17, 15) is 28.3 Å². The summed E-state index contributed by atoms with van der Waals surface area (Å²) in [6.07, 6.45) is 16.6. The maximum atomic E-state index is 12.4. The van der Waals surface area contributed by atoms with Gasteiger partial charge >= 0.3 is 0 Å². The van der Waals surface area contributed by atoms with E-state index >= 15 is 0 Å². The van der Waals surface area contributed by atoms with Crippen LogP contribution in [-0.4, -0.2) is 88.7 Å². The first-order chi connectivity index (χ1) is 32.5. The lowest BCUT2D eigenvalue weighted by Crippen LogP contribution is -2.71. The maximum absolute atomic E-state index is 12.4. The lowest BCUT2D eigenvalue weighted by molar-refractivity contribution is -0.375. The molecule has 0 radical (unpaired) electrons. The van der Waals surface area contributed by atoms with E-state index in [0.717, 1.165) is 70.6 Å². The Labute approximate surface area is 419 Å². The first kappa shape index (κ1) is 49.7. The Bertz CT molecular complexity index is 2410. The Balaban J connectivity index is 0.778. The first-order valence-electron chi connectivity index (χ1n) is 28.1. The second-order valence-corrected chi connectivity index (χ2v) is 29.6. The lowest BCUT2D eigenvalue weighted by Gasteiger charge is -2.68. The fourth-order valence-corrected chi connectivity index (χ4v) is 21.9. The van der Waals surface area contributed by atoms with Gasteiger partial charge in [0, 0.05) is 34.0 Å². The van der Waals surface area contributed by atoms with Crippen LogP contribution in [0.25, 0.3) is 0 Å². The van der Waals surface area contributed by atoms with Crippen molar-refractivity contribution in [3.8, 4) is 0 Å². The average molecular weight is 992 g/mol. The molecular weight excluding hydrogens is 905 g/mol. The van der Waals surface area contributed by atoms with Crippen LogP contribution in [0.3, 0.4) is 0 Å². The number of ether oxygens (including phenoxy) is 4. The molecule has 19 atom stereocenters. The minimum Gasteiger partial charge on any atom is -0.726 e. The first-order valence-corrected chi connectivity index (χ1v) is 29.4. The Hall–Kier alpha value is -1.19. The molecule has 392 valence electrons. The number of fused-ring (bicyclic) bond motifs is 10. The van der Waals surface area contributed by atoms with E-state index < -0.39 is 50.4 Å². The van der Waals surface area contributed by atoms with Crippen molar-refractivity contribution in [1.82, 2.24) is 0 Å². The zero-order valence-corrected chi connectivity index (χ0v) is 45.3. The molecule has 0 aromatic carbocycles. The van der Waals surface area contributed by atoms with Crippen molar-refractivity contribution in [2.24, 2.45) is 79.8 Å². The van der Waals surface area contributed by atoms with Gasteiger partial charge in [-0.15, -0.1) is 0 Å². The largest absolute Gasteiger partial charge is 0.726 e. The Morgan fingerprint density at radius 2 is 1.50 bits per heavy atom. The highest BCUT2D eigenvalue weighted by Crippen LogP contribution is 2.74. The third-order valence-corrected chi connectivity index (χ3v) is 25.4. The van der Waals surface area contributed by atoms with Gasteiger partial charge in [0.05, 0.1) is 42.7 Å². The summed E-state index contributed by atoms with van der Waals surface area (Å²) in [7, 11) is -4.99. The minimum absolute atomic E-state index is 0.0153. The van der Waals surface area contributed by atoms with Crippen molar-refractivity contribution >= 4 is 10.4 Å². The van der Waals surface area contributed by atoms with Crippen LogP contribution in [0.5, 0.6) is 0 Å². The van der Waals surface area contributed by atoms with E-state index in [1.165, 1.54) is 35.1 Å². The second-order valence-electron chi connectivity index (χ2n) is 28.6. The summed E-state index contributed by atoms with van der Waals surface area (Å²) in [4.78, 5) is 0. The highest BCUT2D eigenvalue weighted by molar-refractivity contribution is 7.80. The van der Waals surface area contributed by atoms with Gasteiger partial charge in [-0.2, -0.15) is 0 Å². The molecule has 6 saturated heterocycles. The van der Waals surface area contributed by atoms with Gasteiger partial charge in [-0.25, -0.2) is 8.42 Å². The van der Waals surface area contributed by atoms with Crippen molar-refractivity contribution in [3.05, 3.63) is 33.9 Å². The molecule has 70 heavy (non-hydrogen) atoms. The summed E-state index contributed by atoms with van der Waals surface area (Å²) in [5.74, 6) is -0.226. The normalized spacial score (nSPS) is 52.2. The summed E-state index contributed by atoms with van der Waals surface area (Å²) >= 11 is 0. The summed E-state index contributed by atoms with van der Waals surface area (Å²) in [5.41, 5.74) is 4.51. The number of hydrogen-bond donors (Lipinski definition) is 3. The van der Waals surface area contributed by atoms with Crippen LogP contribution in [0, 0.1) is 79.8 Å². The predicted octanol–water partition coefficient (Wildman–Crippen LogP) is 10.2. The Morgan fingerprint density at radius 1 is 0.829 bits per heavy atom. The molecule has 6 bridgehead atoms. The van der Waals surface area contributed by atoms with Gasteiger partial charge in [-0.3, -0.25) is 4.18 Å². The van der Waals surface area contributed by atoms with Crippen LogP contribution in [0.1, 0.15) is 185 Å². The smallest absolute Gasteiger partial charge is 0.217 e. The molecule has 3 N–H and O–H groups in total. The minimum atomic E-state index is -4.99. The number of hydrogen-bond acceptors (Lipinski definition) is 11. The summed E-state index contributed by atoms with van der Waals surface area (Å²) in [6, 6.07) is 0. The highest BCUT2D eigenvalue weighted by Gasteiger charge is 2.73. The third-order valence-electron chi connectivity index (χ3n) is 24.9. The molecule has 0 aromatic rings. The van der Waals surface area contributed by atoms with Crippen LogP contribution in [0.15, 0.2) is 33.9 Å². The Kier molecular flexibility index (Phi) is 10.8. The molecule has 12 heteroatoms. The summed E-state index contributed by atoms with van der Waals surface area (Å²) in [6.45, 7) is 25.9. The fourth-order valence-electron chi connectivity index (χ4n) is 21.4. The van der Waals surface area contributed by atoms with Crippen LogP contribution in [0.4, 0.5) is 0 Å². The molecule has 8 aliphatic carbocycles. The molecule has 0 unspecified atom stereocenters. The predicted molar refractivity (Wildman–Crippen MR) is 263 cm³/mol. The number of rotatable bonds is 8. The Morgan fingerprint density at radius 3 is 2.17 bits per heavy atom. The van der Waals surface area contributed by atoms with E-state index in [0.29, 0.717) is 74.4 Å². The SMILES string of the molecule is C[C@@H]([C@H]1CC[C@H]2C3=C(CC[C@]12C)[C@]12CC[C@](O)(OC1)C(C)(C)[C@@H]2[C@@H](OS(=O)(=O)[O-])C3)[C@H]1C[C@@H]2C[C@@](C)(OC2(C)C)[C@H](CC[C@@H](C)[C@H]2CC[C@H]3C4=C(CC[C@]23C)[C@@]23CO[C@@](O)([C@@H](O)C2)C(C)(C)C3=CC4)O1. The van der Waals surface area contributed by atoms with Gasteiger partial charge in [0.15, 0.2) is 5.79 Å². The third kappa shape index (κ3) is 6.39. The quantitative estimate of drug-likeness (QED) is 0.120. The van der Waals surface area contributed by atoms with E-state index in [1.807, 2.05) is 13.8 Å². The van der Waals surface area contributed by atoms with E-state index in [-0.39, 0.29) is 51.5 Å². The second kappa shape index (κ2) is 15.3. The monoisotopic (exact) mass is 992 g/mol. The molecule has 10 fully saturated rings. The topological polar surface area (TPSA) is 164 Å². The average Bonchev–Trinajstić information content (AvgIpc) is 3.85. The molecule has 2 spiro atoms. The molecule has 11 nitrogen and oxygen atoms in total. The van der Waals surface area contributed by atoms with Gasteiger partial charge in [-0.1, -0.05) is 89.3 Å². The van der Waals surface area contributed by atoms with E-state index in [2.05, 4.69) is 68.4 Å². The standard InChI is InChI=1S/C58H88O11S/c1-32(37-14-16-39-35-13-18-45-49(3,4)58(61)46(59)29-56(45,31-66-58)41(35)20-22-52(37,39)9)12-19-47-54(11)28-34(51(7,8)69-54)26-43(67-47)33(2)38-15-17-40-36-27-44(68-70(62,63)64)48-50(5,6)57(60)25-24-55(48,30-65-57)42(36)21-23-53(38,40)10/h18,32-34,37-40,43-44,46-48,59-61H,12-17,19-31H2,1-11H3,(H,62,63,64)/p-1/t32-,33+,34-,37-,38-,39+,40+,43-,44+,46+,47+,48+,52-,53-,54-,55+,56+,57+,58+/m1/s1. The van der Waals surface area contributed by atoms with Crippen molar-refractivity contribution in [1.29, 1.82) is 0 Å². The zero-order chi connectivity index (χ0) is 50.0. The lowest BCUT2D eigenvalue weighted by atomic mass is 9.42. The van der Waals surface area contributed by atoms with Crippen molar-refractivity contribution in [2.75, 3.05) is 13.2 Å².